The minimum absolute atomic E-state index is 0.0477. The molecule has 2 aromatic carbocycles. The number of aliphatic hydroxyl groups excluding tert-OH is 1. The second-order valence-corrected chi connectivity index (χ2v) is 8.82. The topological polar surface area (TPSA) is 96.9 Å². The van der Waals surface area contributed by atoms with Crippen molar-refractivity contribution in [2.45, 2.75) is 11.8 Å². The molecule has 31 heavy (non-hydrogen) atoms. The normalized spacial score (nSPS) is 11.9. The maximum atomic E-state index is 10.5. The summed E-state index contributed by atoms with van der Waals surface area (Å²) in [5.74, 6) is 1.43. The molecule has 0 aliphatic carbocycles. The van der Waals surface area contributed by atoms with Gasteiger partial charge in [0.15, 0.2) is 11.0 Å². The molecule has 10 heteroatoms. The maximum Gasteiger partial charge on any atom is 0.191 e. The number of nitriles is 1. The summed E-state index contributed by atoms with van der Waals surface area (Å²) in [6, 6.07) is 16.8. The van der Waals surface area contributed by atoms with Crippen molar-refractivity contribution in [2.24, 2.45) is 7.05 Å². The number of rotatable bonds is 7. The molecule has 1 N–H and O–H groups in total. The summed E-state index contributed by atoms with van der Waals surface area (Å²) in [7, 11) is 1.82. The molecule has 7 nitrogen and oxygen atoms in total. The van der Waals surface area contributed by atoms with E-state index in [1.807, 2.05) is 31.3 Å². The first-order valence-electron chi connectivity index (χ1n) is 9.12. The lowest BCUT2D eigenvalue weighted by Crippen LogP contribution is -2.04. The van der Waals surface area contributed by atoms with Crippen LogP contribution in [0.1, 0.15) is 10.8 Å². The van der Waals surface area contributed by atoms with E-state index in [0.29, 0.717) is 26.8 Å². The summed E-state index contributed by atoms with van der Waals surface area (Å²) in [5.41, 5.74) is 0.969. The van der Waals surface area contributed by atoms with Crippen LogP contribution in [0, 0.1) is 11.3 Å². The van der Waals surface area contributed by atoms with Gasteiger partial charge in [-0.3, -0.25) is 0 Å². The highest BCUT2D eigenvalue weighted by Gasteiger charge is 2.16. The molecular weight excluding hydrogens is 454 g/mol. The zero-order chi connectivity index (χ0) is 21.8. The Balaban J connectivity index is 1.44. The molecule has 2 heterocycles. The monoisotopic (exact) mass is 469 g/mol. The summed E-state index contributed by atoms with van der Waals surface area (Å²) in [6.45, 7) is 0.239. The van der Waals surface area contributed by atoms with Gasteiger partial charge in [-0.15, -0.1) is 21.5 Å². The van der Waals surface area contributed by atoms with Crippen LogP contribution in [-0.2, 0) is 13.7 Å². The van der Waals surface area contributed by atoms with Crippen LogP contribution in [0.4, 0.5) is 0 Å². The quantitative estimate of drug-likeness (QED) is 0.224. The Morgan fingerprint density at radius 3 is 2.74 bits per heavy atom. The van der Waals surface area contributed by atoms with E-state index in [1.54, 1.807) is 28.8 Å². The minimum Gasteiger partial charge on any atom is -0.510 e. The summed E-state index contributed by atoms with van der Waals surface area (Å²) in [6.07, 6.45) is 0. The molecular formula is C21H16ClN5O2S2. The average Bonchev–Trinajstić information content (AvgIpc) is 3.35. The summed E-state index contributed by atoms with van der Waals surface area (Å²) < 4.78 is 8.46. The fourth-order valence-corrected chi connectivity index (χ4v) is 4.61. The molecule has 0 saturated carbocycles. The number of allylic oxidation sites excluding steroid dienone is 1. The summed E-state index contributed by atoms with van der Waals surface area (Å²) in [5, 5.41) is 30.1. The fourth-order valence-electron chi connectivity index (χ4n) is 2.70. The highest BCUT2D eigenvalue weighted by molar-refractivity contribution is 7.99. The number of hydrogen-bond donors (Lipinski definition) is 1. The third-order valence-electron chi connectivity index (χ3n) is 4.35. The number of ether oxygens (including phenoxy) is 1. The van der Waals surface area contributed by atoms with Gasteiger partial charge in [-0.25, -0.2) is 4.98 Å². The van der Waals surface area contributed by atoms with E-state index < -0.39 is 0 Å². The van der Waals surface area contributed by atoms with E-state index in [4.69, 9.17) is 16.3 Å². The highest BCUT2D eigenvalue weighted by atomic mass is 35.5. The average molecular weight is 470 g/mol. The largest absolute Gasteiger partial charge is 0.510 e. The van der Waals surface area contributed by atoms with Crippen LogP contribution in [0.15, 0.2) is 59.4 Å². The molecule has 0 radical (unpaired) electrons. The Kier molecular flexibility index (Phi) is 6.42. The Hall–Kier alpha value is -3.06. The van der Waals surface area contributed by atoms with Crippen molar-refractivity contribution in [3.8, 4) is 11.8 Å². The Bertz CT molecular complexity index is 1260. The summed E-state index contributed by atoms with van der Waals surface area (Å²) >= 11 is 8.53. The number of hydrogen-bond acceptors (Lipinski definition) is 8. The van der Waals surface area contributed by atoms with Gasteiger partial charge in [0.2, 0.25) is 0 Å². The molecule has 4 aromatic rings. The summed E-state index contributed by atoms with van der Waals surface area (Å²) in [4.78, 5) is 4.45. The molecule has 0 saturated heterocycles. The molecule has 2 aromatic heterocycles. The lowest BCUT2D eigenvalue weighted by atomic mass is 10.2. The van der Waals surface area contributed by atoms with Crippen molar-refractivity contribution in [1.82, 2.24) is 19.7 Å². The van der Waals surface area contributed by atoms with Crippen LogP contribution in [-0.4, -0.2) is 30.6 Å². The maximum absolute atomic E-state index is 10.5. The Labute approximate surface area is 191 Å². The van der Waals surface area contributed by atoms with Crippen molar-refractivity contribution in [2.75, 3.05) is 5.75 Å². The molecule has 0 fully saturated rings. The van der Waals surface area contributed by atoms with E-state index in [9.17, 15) is 10.4 Å². The zero-order valence-electron chi connectivity index (χ0n) is 16.3. The molecule has 4 rings (SSSR count). The minimum atomic E-state index is -0.0477. The predicted molar refractivity (Wildman–Crippen MR) is 122 cm³/mol. The highest BCUT2D eigenvalue weighted by Crippen LogP contribution is 2.29. The smallest absolute Gasteiger partial charge is 0.191 e. The molecule has 156 valence electrons. The van der Waals surface area contributed by atoms with Crippen LogP contribution in [0.2, 0.25) is 5.02 Å². The van der Waals surface area contributed by atoms with E-state index in [0.717, 1.165) is 10.2 Å². The number of halogens is 1. The molecule has 0 amide bonds. The fraction of sp³-hybridized carbons (Fsp3) is 0.143. The lowest BCUT2D eigenvalue weighted by Gasteiger charge is -2.07. The number of thiazole rings is 1. The van der Waals surface area contributed by atoms with Crippen molar-refractivity contribution in [3.63, 3.8) is 0 Å². The van der Waals surface area contributed by atoms with Crippen LogP contribution >= 0.6 is 34.7 Å². The van der Waals surface area contributed by atoms with E-state index in [1.165, 1.54) is 23.1 Å². The van der Waals surface area contributed by atoms with Crippen LogP contribution in [0.5, 0.6) is 5.75 Å². The predicted octanol–water partition coefficient (Wildman–Crippen LogP) is 5.24. The molecule has 0 atom stereocenters. The van der Waals surface area contributed by atoms with E-state index in [-0.39, 0.29) is 23.7 Å². The van der Waals surface area contributed by atoms with Crippen LogP contribution < -0.4 is 4.74 Å². The number of para-hydroxylation sites is 1. The number of nitrogens with zero attached hydrogens (tertiary/aromatic N) is 5. The number of thioether (sulfide) groups is 1. The zero-order valence-corrected chi connectivity index (χ0v) is 18.7. The number of aliphatic hydroxyl groups is 1. The van der Waals surface area contributed by atoms with E-state index >= 15 is 0 Å². The number of aromatic nitrogens is 4. The van der Waals surface area contributed by atoms with Crippen molar-refractivity contribution in [3.05, 3.63) is 70.1 Å². The van der Waals surface area contributed by atoms with Crippen molar-refractivity contribution < 1.29 is 9.84 Å². The van der Waals surface area contributed by atoms with Gasteiger partial charge in [-0.2, -0.15) is 5.26 Å². The van der Waals surface area contributed by atoms with Gasteiger partial charge in [0, 0.05) is 12.1 Å². The third kappa shape index (κ3) is 4.82. The van der Waals surface area contributed by atoms with Crippen LogP contribution in [0.3, 0.4) is 0 Å². The second-order valence-electron chi connectivity index (χ2n) is 6.41. The van der Waals surface area contributed by atoms with Gasteiger partial charge in [0.05, 0.1) is 16.0 Å². The molecule has 0 aliphatic rings. The second kappa shape index (κ2) is 9.39. The third-order valence-corrected chi connectivity index (χ3v) is 6.69. The Morgan fingerprint density at radius 2 is 2.00 bits per heavy atom. The van der Waals surface area contributed by atoms with Gasteiger partial charge in [-0.1, -0.05) is 35.5 Å². The number of benzene rings is 2. The van der Waals surface area contributed by atoms with Gasteiger partial charge >= 0.3 is 0 Å². The van der Waals surface area contributed by atoms with Gasteiger partial charge in [0.25, 0.3) is 0 Å². The van der Waals surface area contributed by atoms with Crippen molar-refractivity contribution in [1.29, 1.82) is 5.26 Å². The Morgan fingerprint density at radius 1 is 1.23 bits per heavy atom. The lowest BCUT2D eigenvalue weighted by molar-refractivity contribution is 0.290. The first kappa shape index (κ1) is 21.2. The van der Waals surface area contributed by atoms with Gasteiger partial charge in [-0.05, 0) is 36.4 Å². The van der Waals surface area contributed by atoms with Crippen molar-refractivity contribution >= 4 is 50.5 Å². The van der Waals surface area contributed by atoms with E-state index in [2.05, 4.69) is 21.3 Å². The molecule has 0 bridgehead atoms. The SMILES string of the molecule is Cn1c(COc2ccc(Cl)cc2)nnc1SC/C(O)=C(\C#N)c1nc2ccccc2s1. The molecule has 0 unspecified atom stereocenters. The first-order chi connectivity index (χ1) is 15.0. The first-order valence-corrected chi connectivity index (χ1v) is 11.3. The number of fused-ring (bicyclic) bond motifs is 1. The van der Waals surface area contributed by atoms with Gasteiger partial charge in [0.1, 0.15) is 34.8 Å². The van der Waals surface area contributed by atoms with Crippen LogP contribution in [0.25, 0.3) is 15.8 Å². The standard InChI is InChI=1S/C21H16ClN5O2S2/c1-27-19(11-29-14-8-6-13(22)7-9-14)25-26-21(27)30-12-17(28)15(10-23)20-24-16-4-2-3-5-18(16)31-20/h2-9,28H,11-12H2,1H3/b17-15-. The molecule has 0 spiro atoms. The molecule has 0 aliphatic heterocycles. The van der Waals surface area contributed by atoms with Gasteiger partial charge < -0.3 is 14.4 Å².